The van der Waals surface area contributed by atoms with Gasteiger partial charge in [0.15, 0.2) is 11.6 Å². The first-order valence-corrected chi connectivity index (χ1v) is 4.26. The molecule has 1 aromatic carbocycles. The number of benzene rings is 1. The summed E-state index contributed by atoms with van der Waals surface area (Å²) < 4.78 is 39.2. The van der Waals surface area contributed by atoms with Gasteiger partial charge in [-0.15, -0.1) is 5.10 Å². The summed E-state index contributed by atoms with van der Waals surface area (Å²) in [4.78, 5) is 0. The van der Waals surface area contributed by atoms with Crippen LogP contribution in [-0.4, -0.2) is 12.2 Å². The lowest BCUT2D eigenvalue weighted by molar-refractivity contribution is 0.493. The largest absolute Gasteiger partial charge is 0.369 e. The highest BCUT2D eigenvalue weighted by molar-refractivity contribution is 6.30. The van der Waals surface area contributed by atoms with E-state index in [9.17, 15) is 13.2 Å². The lowest BCUT2D eigenvalue weighted by Crippen LogP contribution is -2.21. The minimum atomic E-state index is -1.46. The van der Waals surface area contributed by atoms with Crippen LogP contribution < -0.4 is 11.5 Å². The molecule has 0 heterocycles. The van der Waals surface area contributed by atoms with E-state index in [-0.39, 0.29) is 0 Å². The molecule has 0 bridgehead atoms. The summed E-state index contributed by atoms with van der Waals surface area (Å²) in [5.74, 6) is -4.29. The molecule has 0 aliphatic carbocycles. The number of rotatable bonds is 2. The third-order valence-corrected chi connectivity index (χ3v) is 1.78. The fraction of sp³-hybridized carbons (Fsp3) is 0. The van der Waals surface area contributed by atoms with Gasteiger partial charge in [-0.05, 0) is 6.07 Å². The summed E-state index contributed by atoms with van der Waals surface area (Å²) in [6.45, 7) is 0. The average molecular weight is 251 g/mol. The van der Waals surface area contributed by atoms with Gasteiger partial charge in [0.25, 0.3) is 0 Å². The molecule has 0 unspecified atom stereocenters. The highest BCUT2D eigenvalue weighted by Crippen LogP contribution is 2.22. The van der Waals surface area contributed by atoms with E-state index < -0.39 is 34.0 Å². The van der Waals surface area contributed by atoms with Crippen molar-refractivity contribution in [1.29, 1.82) is 0 Å². The maximum Gasteiger partial charge on any atom is 0.211 e. The van der Waals surface area contributed by atoms with Gasteiger partial charge in [0, 0.05) is 0 Å². The first-order chi connectivity index (χ1) is 7.43. The molecule has 4 N–H and O–H groups in total. The van der Waals surface area contributed by atoms with Crippen LogP contribution in [-0.2, 0) is 0 Å². The monoisotopic (exact) mass is 250 g/mol. The molecule has 0 spiro atoms. The fourth-order valence-corrected chi connectivity index (χ4v) is 1.03. The smallest absolute Gasteiger partial charge is 0.211 e. The third kappa shape index (κ3) is 2.63. The van der Waals surface area contributed by atoms with Crippen molar-refractivity contribution < 1.29 is 13.2 Å². The zero-order chi connectivity index (χ0) is 12.3. The molecule has 1 rings (SSSR count). The van der Waals surface area contributed by atoms with Gasteiger partial charge in [-0.25, -0.2) is 13.2 Å². The Morgan fingerprint density at radius 2 is 1.88 bits per heavy atom. The zero-order valence-electron chi connectivity index (χ0n) is 7.72. The van der Waals surface area contributed by atoms with Crippen LogP contribution in [0.3, 0.4) is 0 Å². The number of halogens is 4. The van der Waals surface area contributed by atoms with Gasteiger partial charge in [-0.1, -0.05) is 11.6 Å². The number of hydrogen-bond acceptors (Lipinski definition) is 2. The Bertz CT molecular complexity index is 469. The number of guanidine groups is 1. The predicted molar refractivity (Wildman–Crippen MR) is 54.7 cm³/mol. The van der Waals surface area contributed by atoms with Crippen LogP contribution in [0.1, 0.15) is 5.56 Å². The normalized spacial score (nSPS) is 10.8. The number of nitrogens with two attached hydrogens (primary N) is 2. The summed E-state index contributed by atoms with van der Waals surface area (Å²) >= 11 is 5.21. The lowest BCUT2D eigenvalue weighted by atomic mass is 10.2. The minimum absolute atomic E-state index is 0.397. The van der Waals surface area contributed by atoms with Crippen molar-refractivity contribution in [2.75, 3.05) is 0 Å². The summed E-state index contributed by atoms with van der Waals surface area (Å²) in [7, 11) is 0. The van der Waals surface area contributed by atoms with Crippen molar-refractivity contribution in [1.82, 2.24) is 0 Å². The first kappa shape index (κ1) is 12.3. The highest BCUT2D eigenvalue weighted by Gasteiger charge is 2.16. The number of nitrogens with zero attached hydrogens (tertiary/aromatic N) is 2. The molecule has 0 saturated heterocycles. The molecule has 0 aromatic heterocycles. The zero-order valence-corrected chi connectivity index (χ0v) is 8.47. The molecule has 1 aromatic rings. The summed E-state index contributed by atoms with van der Waals surface area (Å²) in [6.07, 6.45) is 0.643. The van der Waals surface area contributed by atoms with Crippen molar-refractivity contribution in [3.8, 4) is 0 Å². The van der Waals surface area contributed by atoms with Crippen molar-refractivity contribution >= 4 is 23.8 Å². The third-order valence-electron chi connectivity index (χ3n) is 1.51. The minimum Gasteiger partial charge on any atom is -0.369 e. The molecular formula is C8H6ClF3N4. The lowest BCUT2D eigenvalue weighted by Gasteiger charge is -2.01. The van der Waals surface area contributed by atoms with Gasteiger partial charge >= 0.3 is 0 Å². The standard InChI is InChI=1S/C8H6ClF3N4/c9-4-1-5(10)3(6(11)7(4)12)2-15-16-8(13)14/h1-2H,(H4,13,14,16). The Labute approximate surface area is 93.4 Å². The van der Waals surface area contributed by atoms with Gasteiger partial charge < -0.3 is 11.5 Å². The predicted octanol–water partition coefficient (Wildman–Crippen LogP) is 1.36. The van der Waals surface area contributed by atoms with E-state index in [2.05, 4.69) is 10.2 Å². The van der Waals surface area contributed by atoms with E-state index in [1.165, 1.54) is 0 Å². The van der Waals surface area contributed by atoms with Crippen molar-refractivity contribution in [2.45, 2.75) is 0 Å². The number of hydrogen-bond donors (Lipinski definition) is 2. The van der Waals surface area contributed by atoms with Crippen LogP contribution in [0, 0.1) is 17.5 Å². The molecule has 4 nitrogen and oxygen atoms in total. The van der Waals surface area contributed by atoms with Gasteiger partial charge in [-0.3, -0.25) is 0 Å². The summed E-state index contributed by atoms with van der Waals surface area (Å²) in [6, 6.07) is 0.622. The van der Waals surface area contributed by atoms with Crippen LogP contribution in [0.2, 0.25) is 5.02 Å². The molecule has 0 atom stereocenters. The maximum atomic E-state index is 13.1. The molecule has 8 heteroatoms. The van der Waals surface area contributed by atoms with Gasteiger partial charge in [-0.2, -0.15) is 5.10 Å². The van der Waals surface area contributed by atoms with Gasteiger partial charge in [0.1, 0.15) is 5.82 Å². The Kier molecular flexibility index (Phi) is 3.73. The summed E-state index contributed by atoms with van der Waals surface area (Å²) in [5, 5.41) is 5.61. The van der Waals surface area contributed by atoms with Crippen molar-refractivity contribution in [3.05, 3.63) is 34.1 Å². The Hall–Kier alpha value is -1.76. The second kappa shape index (κ2) is 4.84. The van der Waals surface area contributed by atoms with Crippen LogP contribution in [0.25, 0.3) is 0 Å². The fourth-order valence-electron chi connectivity index (χ4n) is 0.852. The molecule has 0 fully saturated rings. The second-order valence-electron chi connectivity index (χ2n) is 2.65. The highest BCUT2D eigenvalue weighted by atomic mass is 35.5. The molecule has 0 aliphatic heterocycles. The molecule has 86 valence electrons. The molecular weight excluding hydrogens is 245 g/mol. The molecule has 0 saturated carbocycles. The second-order valence-corrected chi connectivity index (χ2v) is 3.06. The topological polar surface area (TPSA) is 76.8 Å². The Balaban J connectivity index is 3.20. The quantitative estimate of drug-likeness (QED) is 0.273. The molecule has 0 radical (unpaired) electrons. The average Bonchev–Trinajstić information content (AvgIpc) is 2.19. The van der Waals surface area contributed by atoms with Crippen molar-refractivity contribution in [3.63, 3.8) is 0 Å². The van der Waals surface area contributed by atoms with Gasteiger partial charge in [0.05, 0.1) is 16.8 Å². The van der Waals surface area contributed by atoms with E-state index in [1.54, 1.807) is 0 Å². The van der Waals surface area contributed by atoms with E-state index >= 15 is 0 Å². The van der Waals surface area contributed by atoms with E-state index in [0.29, 0.717) is 12.3 Å². The van der Waals surface area contributed by atoms with Crippen LogP contribution in [0.4, 0.5) is 13.2 Å². The maximum absolute atomic E-state index is 13.1. The van der Waals surface area contributed by atoms with Crippen LogP contribution in [0.15, 0.2) is 16.3 Å². The Morgan fingerprint density at radius 1 is 1.25 bits per heavy atom. The van der Waals surface area contributed by atoms with E-state index in [4.69, 9.17) is 23.1 Å². The van der Waals surface area contributed by atoms with Gasteiger partial charge in [0.2, 0.25) is 5.96 Å². The molecule has 0 amide bonds. The van der Waals surface area contributed by atoms with E-state index in [1.807, 2.05) is 0 Å². The van der Waals surface area contributed by atoms with Crippen molar-refractivity contribution in [2.24, 2.45) is 21.7 Å². The SMILES string of the molecule is NC(N)=NN=Cc1c(F)cc(Cl)c(F)c1F. The molecule has 0 aliphatic rings. The summed E-state index contributed by atoms with van der Waals surface area (Å²) in [5.41, 5.74) is 9.12. The van der Waals surface area contributed by atoms with E-state index in [0.717, 1.165) is 0 Å². The Morgan fingerprint density at radius 3 is 2.44 bits per heavy atom. The molecule has 16 heavy (non-hydrogen) atoms. The van der Waals surface area contributed by atoms with Crippen LogP contribution in [0.5, 0.6) is 0 Å². The first-order valence-electron chi connectivity index (χ1n) is 3.88. The van der Waals surface area contributed by atoms with Crippen LogP contribution >= 0.6 is 11.6 Å².